The molecule has 92 valence electrons. The Morgan fingerprint density at radius 1 is 1.35 bits per heavy atom. The van der Waals surface area contributed by atoms with Crippen LogP contribution in [-0.4, -0.2) is 16.1 Å². The van der Waals surface area contributed by atoms with Gasteiger partial charge in [-0.25, -0.2) is 4.98 Å². The lowest BCUT2D eigenvalue weighted by Gasteiger charge is -2.26. The average molecular weight is 250 g/mol. The van der Waals surface area contributed by atoms with Gasteiger partial charge >= 0.3 is 0 Å². The van der Waals surface area contributed by atoms with E-state index in [4.69, 9.17) is 22.7 Å². The lowest BCUT2D eigenvalue weighted by molar-refractivity contribution is 0.130. The summed E-state index contributed by atoms with van der Waals surface area (Å²) in [7, 11) is 0. The molecule has 0 radical (unpaired) electrons. The zero-order valence-electron chi connectivity index (χ0n) is 10.1. The molecule has 1 saturated carbocycles. The highest BCUT2D eigenvalue weighted by Crippen LogP contribution is 2.26. The Kier molecular flexibility index (Phi) is 3.94. The zero-order valence-corrected chi connectivity index (χ0v) is 10.9. The number of ether oxygens (including phenoxy) is 1. The predicted molar refractivity (Wildman–Crippen MR) is 72.2 cm³/mol. The molecule has 0 aromatic carbocycles. The topological polar surface area (TPSA) is 48.1 Å². The van der Waals surface area contributed by atoms with Crippen LogP contribution >= 0.6 is 12.2 Å². The first-order valence-electron chi connectivity index (χ1n) is 6.07. The maximum atomic E-state index is 5.84. The smallest absolute Gasteiger partial charge is 0.213 e. The van der Waals surface area contributed by atoms with Crippen molar-refractivity contribution in [3.63, 3.8) is 0 Å². The van der Waals surface area contributed by atoms with Gasteiger partial charge in [0.15, 0.2) is 0 Å². The van der Waals surface area contributed by atoms with E-state index in [9.17, 15) is 0 Å². The van der Waals surface area contributed by atoms with Crippen LogP contribution in [0.25, 0.3) is 0 Å². The van der Waals surface area contributed by atoms with E-state index in [0.717, 1.165) is 24.3 Å². The molecule has 1 aliphatic rings. The van der Waals surface area contributed by atoms with E-state index in [1.165, 1.54) is 12.8 Å². The van der Waals surface area contributed by atoms with Crippen LogP contribution in [0, 0.1) is 5.92 Å². The van der Waals surface area contributed by atoms with Gasteiger partial charge in [0.05, 0.1) is 0 Å². The Balaban J connectivity index is 1.92. The molecule has 2 N–H and O–H groups in total. The van der Waals surface area contributed by atoms with Crippen molar-refractivity contribution in [3.05, 3.63) is 23.9 Å². The van der Waals surface area contributed by atoms with Gasteiger partial charge in [-0.1, -0.05) is 19.1 Å². The largest absolute Gasteiger partial charge is 0.474 e. The summed E-state index contributed by atoms with van der Waals surface area (Å²) in [6.07, 6.45) is 6.73. The predicted octanol–water partition coefficient (Wildman–Crippen LogP) is 2.67. The fraction of sp³-hybridized carbons (Fsp3) is 0.538. The molecule has 0 atom stereocenters. The number of nitrogens with zero attached hydrogens (tertiary/aromatic N) is 1. The van der Waals surface area contributed by atoms with Crippen LogP contribution in [0.15, 0.2) is 18.3 Å². The third-order valence-electron chi connectivity index (χ3n) is 3.27. The third-order valence-corrected chi connectivity index (χ3v) is 3.51. The van der Waals surface area contributed by atoms with Gasteiger partial charge in [0.25, 0.3) is 0 Å². The maximum Gasteiger partial charge on any atom is 0.213 e. The van der Waals surface area contributed by atoms with Crippen molar-refractivity contribution in [1.82, 2.24) is 4.98 Å². The SMILES string of the molecule is CC1CCC(Oc2ccc(C(N)=S)cn2)CC1. The van der Waals surface area contributed by atoms with Gasteiger partial charge in [-0.2, -0.15) is 0 Å². The van der Waals surface area contributed by atoms with Crippen LogP contribution in [0.2, 0.25) is 0 Å². The zero-order chi connectivity index (χ0) is 12.3. The summed E-state index contributed by atoms with van der Waals surface area (Å²) < 4.78 is 5.84. The van der Waals surface area contributed by atoms with Gasteiger partial charge in [-0.15, -0.1) is 0 Å². The molecule has 1 heterocycles. The highest BCUT2D eigenvalue weighted by atomic mass is 32.1. The number of hydrogen-bond acceptors (Lipinski definition) is 3. The fourth-order valence-corrected chi connectivity index (χ4v) is 2.23. The second-order valence-corrected chi connectivity index (χ2v) is 5.19. The number of hydrogen-bond donors (Lipinski definition) is 1. The van der Waals surface area contributed by atoms with Crippen molar-refractivity contribution in [3.8, 4) is 5.88 Å². The molecule has 0 amide bonds. The maximum absolute atomic E-state index is 5.84. The van der Waals surface area contributed by atoms with Crippen LogP contribution in [-0.2, 0) is 0 Å². The van der Waals surface area contributed by atoms with Crippen LogP contribution < -0.4 is 10.5 Å². The highest BCUT2D eigenvalue weighted by Gasteiger charge is 2.19. The third kappa shape index (κ3) is 3.40. The molecule has 0 bridgehead atoms. The Hall–Kier alpha value is -1.16. The van der Waals surface area contributed by atoms with E-state index in [0.29, 0.717) is 17.0 Å². The molecule has 1 aromatic rings. The lowest BCUT2D eigenvalue weighted by atomic mass is 9.89. The monoisotopic (exact) mass is 250 g/mol. The van der Waals surface area contributed by atoms with Crippen molar-refractivity contribution in [2.45, 2.75) is 38.7 Å². The van der Waals surface area contributed by atoms with Gasteiger partial charge < -0.3 is 10.5 Å². The van der Waals surface area contributed by atoms with Crippen LogP contribution in [0.4, 0.5) is 0 Å². The van der Waals surface area contributed by atoms with E-state index in [1.807, 2.05) is 12.1 Å². The minimum absolute atomic E-state index is 0.314. The number of thiocarbonyl (C=S) groups is 1. The van der Waals surface area contributed by atoms with Gasteiger partial charge in [-0.05, 0) is 37.7 Å². The Labute approximate surface area is 107 Å². The average Bonchev–Trinajstić information content (AvgIpc) is 2.33. The molecular formula is C13H18N2OS. The molecule has 0 unspecified atom stereocenters. The fourth-order valence-electron chi connectivity index (χ4n) is 2.11. The van der Waals surface area contributed by atoms with Gasteiger partial charge in [0, 0.05) is 17.8 Å². The van der Waals surface area contributed by atoms with Crippen molar-refractivity contribution in [2.24, 2.45) is 11.7 Å². The van der Waals surface area contributed by atoms with E-state index in [-0.39, 0.29) is 0 Å². The summed E-state index contributed by atoms with van der Waals surface area (Å²) in [6.45, 7) is 2.30. The summed E-state index contributed by atoms with van der Waals surface area (Å²) in [4.78, 5) is 4.59. The second-order valence-electron chi connectivity index (χ2n) is 4.75. The standard InChI is InChI=1S/C13H18N2OS/c1-9-2-5-11(6-3-9)16-12-7-4-10(8-15-12)13(14)17/h4,7-9,11H,2-3,5-6H2,1H3,(H2,14,17). The van der Waals surface area contributed by atoms with E-state index >= 15 is 0 Å². The van der Waals surface area contributed by atoms with E-state index in [1.54, 1.807) is 6.20 Å². The molecule has 0 spiro atoms. The molecule has 3 nitrogen and oxygen atoms in total. The van der Waals surface area contributed by atoms with Crippen LogP contribution in [0.3, 0.4) is 0 Å². The van der Waals surface area contributed by atoms with Crippen molar-refractivity contribution in [1.29, 1.82) is 0 Å². The molecule has 1 aliphatic carbocycles. The van der Waals surface area contributed by atoms with Crippen molar-refractivity contribution < 1.29 is 4.74 Å². The Bertz CT molecular complexity index is 383. The highest BCUT2D eigenvalue weighted by molar-refractivity contribution is 7.80. The minimum Gasteiger partial charge on any atom is -0.474 e. The summed E-state index contributed by atoms with van der Waals surface area (Å²) >= 11 is 4.88. The number of pyridine rings is 1. The number of rotatable bonds is 3. The molecule has 1 fully saturated rings. The van der Waals surface area contributed by atoms with E-state index < -0.39 is 0 Å². The Morgan fingerprint density at radius 3 is 2.59 bits per heavy atom. The first kappa shape index (κ1) is 12.3. The lowest BCUT2D eigenvalue weighted by Crippen LogP contribution is -2.23. The van der Waals surface area contributed by atoms with Crippen LogP contribution in [0.1, 0.15) is 38.2 Å². The Morgan fingerprint density at radius 2 is 2.06 bits per heavy atom. The minimum atomic E-state index is 0.314. The molecule has 17 heavy (non-hydrogen) atoms. The van der Waals surface area contributed by atoms with Gasteiger partial charge in [0.2, 0.25) is 5.88 Å². The molecular weight excluding hydrogens is 232 g/mol. The first-order valence-corrected chi connectivity index (χ1v) is 6.48. The second kappa shape index (κ2) is 5.45. The molecule has 2 rings (SSSR count). The normalized spacial score (nSPS) is 24.3. The summed E-state index contributed by atoms with van der Waals surface area (Å²) in [5.41, 5.74) is 6.30. The van der Waals surface area contributed by atoms with Crippen molar-refractivity contribution in [2.75, 3.05) is 0 Å². The summed E-state index contributed by atoms with van der Waals surface area (Å²) in [6, 6.07) is 3.70. The quantitative estimate of drug-likeness (QED) is 0.838. The van der Waals surface area contributed by atoms with Gasteiger partial charge in [-0.3, -0.25) is 0 Å². The van der Waals surface area contributed by atoms with Crippen LogP contribution in [0.5, 0.6) is 5.88 Å². The first-order chi connectivity index (χ1) is 8.15. The number of nitrogens with two attached hydrogens (primary N) is 1. The molecule has 0 saturated heterocycles. The summed E-state index contributed by atoms with van der Waals surface area (Å²) in [5.74, 6) is 1.50. The molecule has 1 aromatic heterocycles. The van der Waals surface area contributed by atoms with E-state index in [2.05, 4.69) is 11.9 Å². The van der Waals surface area contributed by atoms with Gasteiger partial charge in [0.1, 0.15) is 11.1 Å². The number of aromatic nitrogens is 1. The molecule has 0 aliphatic heterocycles. The van der Waals surface area contributed by atoms with Crippen molar-refractivity contribution >= 4 is 17.2 Å². The summed E-state index contributed by atoms with van der Waals surface area (Å²) in [5, 5.41) is 0. The molecule has 4 heteroatoms.